The first-order valence-corrected chi connectivity index (χ1v) is 11.9. The van der Waals surface area contributed by atoms with Gasteiger partial charge < -0.3 is 23.7 Å². The predicted molar refractivity (Wildman–Crippen MR) is 140 cm³/mol. The SMILES string of the molecule is COc1cc(OC)cc(-c2cncn2-c2ccc(-c3nc4cc(OC)c(OC)c(OC)c4s3)cc2)c1. The van der Waals surface area contributed by atoms with E-state index in [1.165, 1.54) is 0 Å². The minimum atomic E-state index is 0.555. The zero-order chi connectivity index (χ0) is 25.2. The molecule has 0 unspecified atom stereocenters. The molecule has 0 aliphatic rings. The van der Waals surface area contributed by atoms with Gasteiger partial charge in [-0.3, -0.25) is 4.57 Å². The quantitative estimate of drug-likeness (QED) is 0.263. The lowest BCUT2D eigenvalue weighted by Crippen LogP contribution is -1.96. The molecule has 5 rings (SSSR count). The summed E-state index contributed by atoms with van der Waals surface area (Å²) in [6.07, 6.45) is 3.61. The van der Waals surface area contributed by atoms with Gasteiger partial charge in [0.2, 0.25) is 5.75 Å². The summed E-state index contributed by atoms with van der Waals surface area (Å²) in [5.41, 5.74) is 4.61. The van der Waals surface area contributed by atoms with E-state index in [0.29, 0.717) is 28.7 Å². The highest BCUT2D eigenvalue weighted by Gasteiger charge is 2.20. The molecular formula is C27H25N3O5S. The molecule has 0 radical (unpaired) electrons. The number of fused-ring (bicyclic) bond motifs is 1. The summed E-state index contributed by atoms with van der Waals surface area (Å²) in [4.78, 5) is 9.21. The fraction of sp³-hybridized carbons (Fsp3) is 0.185. The fourth-order valence-corrected chi connectivity index (χ4v) is 5.15. The lowest BCUT2D eigenvalue weighted by Gasteiger charge is -2.12. The maximum atomic E-state index is 5.63. The molecule has 0 spiro atoms. The first-order chi connectivity index (χ1) is 17.6. The van der Waals surface area contributed by atoms with Gasteiger partial charge in [-0.2, -0.15) is 0 Å². The number of hydrogen-bond donors (Lipinski definition) is 0. The van der Waals surface area contributed by atoms with Crippen molar-refractivity contribution in [3.63, 3.8) is 0 Å². The molecule has 36 heavy (non-hydrogen) atoms. The maximum absolute atomic E-state index is 5.63. The fourth-order valence-electron chi connectivity index (χ4n) is 4.09. The summed E-state index contributed by atoms with van der Waals surface area (Å²) >= 11 is 1.54. The first-order valence-electron chi connectivity index (χ1n) is 11.1. The number of aromatic nitrogens is 3. The van der Waals surface area contributed by atoms with Gasteiger partial charge >= 0.3 is 0 Å². The van der Waals surface area contributed by atoms with Crippen LogP contribution in [0.15, 0.2) is 61.1 Å². The summed E-state index contributed by atoms with van der Waals surface area (Å²) in [7, 11) is 8.09. The van der Waals surface area contributed by atoms with E-state index in [2.05, 4.69) is 4.98 Å². The van der Waals surface area contributed by atoms with Gasteiger partial charge in [0.25, 0.3) is 0 Å². The van der Waals surface area contributed by atoms with Gasteiger partial charge in [0.15, 0.2) is 11.5 Å². The largest absolute Gasteiger partial charge is 0.497 e. The summed E-state index contributed by atoms with van der Waals surface area (Å²) in [6.45, 7) is 0. The molecule has 0 saturated carbocycles. The van der Waals surface area contributed by atoms with Crippen molar-refractivity contribution in [3.8, 4) is 56.3 Å². The van der Waals surface area contributed by atoms with Crippen LogP contribution >= 0.6 is 11.3 Å². The highest BCUT2D eigenvalue weighted by molar-refractivity contribution is 7.22. The Morgan fingerprint density at radius 1 is 0.722 bits per heavy atom. The average Bonchev–Trinajstić information content (AvgIpc) is 3.59. The van der Waals surface area contributed by atoms with Gasteiger partial charge in [0.05, 0.1) is 59.3 Å². The van der Waals surface area contributed by atoms with E-state index >= 15 is 0 Å². The normalized spacial score (nSPS) is 10.9. The van der Waals surface area contributed by atoms with E-state index in [9.17, 15) is 0 Å². The molecule has 0 saturated heterocycles. The van der Waals surface area contributed by atoms with Crippen LogP contribution in [-0.2, 0) is 0 Å². The Kier molecular flexibility index (Phi) is 6.39. The second-order valence-corrected chi connectivity index (χ2v) is 8.81. The molecule has 184 valence electrons. The Hall–Kier alpha value is -4.24. The summed E-state index contributed by atoms with van der Waals surface area (Å²) in [6, 6.07) is 15.8. The van der Waals surface area contributed by atoms with Crippen LogP contribution in [-0.4, -0.2) is 50.1 Å². The Labute approximate surface area is 212 Å². The van der Waals surface area contributed by atoms with E-state index in [4.69, 9.17) is 28.7 Å². The Morgan fingerprint density at radius 3 is 2.03 bits per heavy atom. The van der Waals surface area contributed by atoms with Crippen molar-refractivity contribution < 1.29 is 23.7 Å². The summed E-state index contributed by atoms with van der Waals surface area (Å²) < 4.78 is 30.4. The first kappa shape index (κ1) is 23.5. The molecule has 5 aromatic rings. The van der Waals surface area contributed by atoms with Crippen molar-refractivity contribution in [2.75, 3.05) is 35.5 Å². The molecule has 0 N–H and O–H groups in total. The van der Waals surface area contributed by atoms with Crippen LogP contribution in [0.25, 0.3) is 37.7 Å². The molecule has 2 heterocycles. The second kappa shape index (κ2) is 9.79. The van der Waals surface area contributed by atoms with Crippen LogP contribution in [0.3, 0.4) is 0 Å². The molecule has 0 aliphatic carbocycles. The highest BCUT2D eigenvalue weighted by atomic mass is 32.1. The van der Waals surface area contributed by atoms with Crippen LogP contribution in [0.2, 0.25) is 0 Å². The van der Waals surface area contributed by atoms with E-state index in [0.717, 1.165) is 37.7 Å². The molecule has 9 heteroatoms. The van der Waals surface area contributed by atoms with Gasteiger partial charge in [-0.25, -0.2) is 9.97 Å². The van der Waals surface area contributed by atoms with Crippen LogP contribution in [0.4, 0.5) is 0 Å². The van der Waals surface area contributed by atoms with Crippen molar-refractivity contribution in [3.05, 3.63) is 61.1 Å². The smallest absolute Gasteiger partial charge is 0.204 e. The van der Waals surface area contributed by atoms with Crippen molar-refractivity contribution in [2.24, 2.45) is 0 Å². The molecule has 2 aromatic heterocycles. The number of ether oxygens (including phenoxy) is 5. The Bertz CT molecular complexity index is 1500. The second-order valence-electron chi connectivity index (χ2n) is 7.81. The number of rotatable bonds is 8. The number of nitrogens with zero attached hydrogens (tertiary/aromatic N) is 3. The van der Waals surface area contributed by atoms with Gasteiger partial charge in [-0.1, -0.05) is 0 Å². The van der Waals surface area contributed by atoms with E-state index in [1.54, 1.807) is 53.2 Å². The third-order valence-electron chi connectivity index (χ3n) is 5.86. The third kappa shape index (κ3) is 4.07. The standard InChI is InChI=1S/C27H25N3O5S/c1-31-19-10-17(11-20(12-19)32-2)22-14-28-15-30(22)18-8-6-16(7-9-18)27-29-21-13-23(33-3)24(34-4)25(35-5)26(21)36-27/h6-15H,1-5H3. The number of thiazole rings is 1. The lowest BCUT2D eigenvalue weighted by atomic mass is 10.1. The van der Waals surface area contributed by atoms with Gasteiger partial charge in [-0.05, 0) is 36.4 Å². The summed E-state index contributed by atoms with van der Waals surface area (Å²) in [5, 5.41) is 0.869. The molecule has 0 aliphatic heterocycles. The molecule has 3 aromatic carbocycles. The van der Waals surface area contributed by atoms with Gasteiger partial charge in [0, 0.05) is 28.9 Å². The number of imidazole rings is 1. The minimum Gasteiger partial charge on any atom is -0.497 e. The van der Waals surface area contributed by atoms with E-state index < -0.39 is 0 Å². The van der Waals surface area contributed by atoms with Crippen molar-refractivity contribution in [1.29, 1.82) is 0 Å². The number of methoxy groups -OCH3 is 5. The van der Waals surface area contributed by atoms with Crippen LogP contribution in [0.5, 0.6) is 28.7 Å². The molecular weight excluding hydrogens is 478 g/mol. The topological polar surface area (TPSA) is 76.9 Å². The average molecular weight is 504 g/mol. The van der Waals surface area contributed by atoms with E-state index in [-0.39, 0.29) is 0 Å². The maximum Gasteiger partial charge on any atom is 0.204 e. The monoisotopic (exact) mass is 503 g/mol. The lowest BCUT2D eigenvalue weighted by molar-refractivity contribution is 0.327. The molecule has 8 nitrogen and oxygen atoms in total. The van der Waals surface area contributed by atoms with Crippen molar-refractivity contribution in [1.82, 2.24) is 14.5 Å². The van der Waals surface area contributed by atoms with Crippen LogP contribution in [0.1, 0.15) is 0 Å². The zero-order valence-corrected chi connectivity index (χ0v) is 21.4. The third-order valence-corrected chi connectivity index (χ3v) is 6.98. The Balaban J connectivity index is 1.52. The van der Waals surface area contributed by atoms with Crippen LogP contribution < -0.4 is 23.7 Å². The molecule has 0 bridgehead atoms. The van der Waals surface area contributed by atoms with Gasteiger partial charge in [0.1, 0.15) is 21.2 Å². The van der Waals surface area contributed by atoms with Crippen LogP contribution in [0, 0.1) is 0 Å². The number of hydrogen-bond acceptors (Lipinski definition) is 8. The Morgan fingerprint density at radius 2 is 1.42 bits per heavy atom. The van der Waals surface area contributed by atoms with Gasteiger partial charge in [-0.15, -0.1) is 11.3 Å². The minimum absolute atomic E-state index is 0.555. The molecule has 0 fully saturated rings. The molecule has 0 atom stereocenters. The molecule has 0 amide bonds. The van der Waals surface area contributed by atoms with Crippen molar-refractivity contribution in [2.45, 2.75) is 0 Å². The number of benzene rings is 3. The van der Waals surface area contributed by atoms with E-state index in [1.807, 2.05) is 59.3 Å². The highest BCUT2D eigenvalue weighted by Crippen LogP contribution is 2.47. The summed E-state index contributed by atoms with van der Waals surface area (Å²) in [5.74, 6) is 3.18. The van der Waals surface area contributed by atoms with Crippen molar-refractivity contribution >= 4 is 21.6 Å². The zero-order valence-electron chi connectivity index (χ0n) is 20.6. The predicted octanol–water partition coefficient (Wildman–Crippen LogP) is 5.86.